The number of rotatable bonds is 27. The molecule has 4 aromatic rings. The fourth-order valence-corrected chi connectivity index (χ4v) is 13.0. The highest BCUT2D eigenvalue weighted by Crippen LogP contribution is 2.32. The second-order valence-electron chi connectivity index (χ2n) is 23.9. The van der Waals surface area contributed by atoms with Gasteiger partial charge in [-0.25, -0.2) is 0 Å². The summed E-state index contributed by atoms with van der Waals surface area (Å²) in [5, 5.41) is 13.0. The van der Waals surface area contributed by atoms with Crippen molar-refractivity contribution in [2.75, 3.05) is 52.4 Å². The smallest absolute Gasteiger partial charge is 0.253 e. The fourth-order valence-electron chi connectivity index (χ4n) is 13.0. The first-order chi connectivity index (χ1) is 39.9. The molecular formula is C68H94N8O6. The van der Waals surface area contributed by atoms with Gasteiger partial charge >= 0.3 is 0 Å². The summed E-state index contributed by atoms with van der Waals surface area (Å²) in [6, 6.07) is 33.3. The van der Waals surface area contributed by atoms with Crippen LogP contribution in [0.2, 0.25) is 0 Å². The molecule has 4 aliphatic rings. The van der Waals surface area contributed by atoms with E-state index in [9.17, 15) is 28.8 Å². The molecule has 0 radical (unpaired) electrons. The van der Waals surface area contributed by atoms with Crippen molar-refractivity contribution in [2.24, 2.45) is 11.8 Å². The monoisotopic (exact) mass is 1120 g/mol. The van der Waals surface area contributed by atoms with E-state index in [1.54, 1.807) is 0 Å². The van der Waals surface area contributed by atoms with Gasteiger partial charge in [0.15, 0.2) is 0 Å². The number of likely N-dealkylation sites (tertiary alicyclic amines) is 2. The van der Waals surface area contributed by atoms with E-state index in [-0.39, 0.29) is 59.4 Å². The van der Waals surface area contributed by atoms with Gasteiger partial charge in [0.2, 0.25) is 23.6 Å². The van der Waals surface area contributed by atoms with Gasteiger partial charge in [0.05, 0.1) is 12.1 Å². The minimum absolute atomic E-state index is 0.0305. The van der Waals surface area contributed by atoms with Gasteiger partial charge in [0, 0.05) is 62.5 Å². The molecule has 0 spiro atoms. The molecule has 442 valence electrons. The predicted molar refractivity (Wildman–Crippen MR) is 326 cm³/mol. The first-order valence-electron chi connectivity index (χ1n) is 31.5. The minimum Gasteiger partial charge on any atom is -0.343 e. The molecule has 2 saturated heterocycles. The molecule has 0 bridgehead atoms. The molecule has 6 atom stereocenters. The molecule has 82 heavy (non-hydrogen) atoms. The maximum absolute atomic E-state index is 14.8. The van der Waals surface area contributed by atoms with Gasteiger partial charge in [-0.1, -0.05) is 137 Å². The average Bonchev–Trinajstić information content (AvgIpc) is 4.40. The van der Waals surface area contributed by atoms with Crippen LogP contribution in [0.4, 0.5) is 0 Å². The topological polar surface area (TPSA) is 163 Å². The molecule has 14 nitrogen and oxygen atoms in total. The average molecular weight is 1120 g/mol. The van der Waals surface area contributed by atoms with Crippen LogP contribution in [0.5, 0.6) is 0 Å². The van der Waals surface area contributed by atoms with Crippen LogP contribution < -0.4 is 21.3 Å². The second-order valence-corrected chi connectivity index (χ2v) is 23.9. The van der Waals surface area contributed by atoms with Gasteiger partial charge in [-0.05, 0) is 162 Å². The summed E-state index contributed by atoms with van der Waals surface area (Å²) in [4.78, 5) is 93.8. The molecule has 2 heterocycles. The highest BCUT2D eigenvalue weighted by atomic mass is 16.2. The van der Waals surface area contributed by atoms with Crippen LogP contribution in [0.15, 0.2) is 109 Å². The third kappa shape index (κ3) is 16.9. The van der Waals surface area contributed by atoms with Gasteiger partial charge in [0.1, 0.15) is 12.1 Å². The number of carbonyl (C=O) groups is 6. The zero-order chi connectivity index (χ0) is 57.8. The van der Waals surface area contributed by atoms with Gasteiger partial charge in [-0.3, -0.25) is 28.8 Å². The maximum atomic E-state index is 14.8. The molecule has 2 aliphatic carbocycles. The van der Waals surface area contributed by atoms with E-state index in [2.05, 4.69) is 59.4 Å². The van der Waals surface area contributed by atoms with Crippen molar-refractivity contribution in [3.63, 3.8) is 0 Å². The molecule has 6 amide bonds. The molecule has 2 saturated carbocycles. The van der Waals surface area contributed by atoms with Crippen LogP contribution in [0.3, 0.4) is 0 Å². The Balaban J connectivity index is 0.965. The Morgan fingerprint density at radius 2 is 0.841 bits per heavy atom. The van der Waals surface area contributed by atoms with Crippen LogP contribution in [-0.2, 0) is 32.0 Å². The number of amides is 6. The molecule has 2 aliphatic heterocycles. The van der Waals surface area contributed by atoms with Crippen molar-refractivity contribution in [3.05, 3.63) is 131 Å². The lowest BCUT2D eigenvalue weighted by molar-refractivity contribution is -0.139. The van der Waals surface area contributed by atoms with Crippen LogP contribution >= 0.6 is 0 Å². The number of benzene rings is 4. The molecular weight excluding hydrogens is 1020 g/mol. The summed E-state index contributed by atoms with van der Waals surface area (Å²) < 4.78 is 0. The van der Waals surface area contributed by atoms with Crippen LogP contribution in [-0.4, -0.2) is 144 Å². The molecule has 4 fully saturated rings. The normalized spacial score (nSPS) is 19.2. The first kappa shape index (κ1) is 61.7. The summed E-state index contributed by atoms with van der Waals surface area (Å²) in [5.74, 6) is -0.392. The summed E-state index contributed by atoms with van der Waals surface area (Å²) in [6.45, 7) is 12.2. The largest absolute Gasteiger partial charge is 0.343 e. The van der Waals surface area contributed by atoms with Gasteiger partial charge in [-0.15, -0.1) is 0 Å². The Morgan fingerprint density at radius 1 is 0.476 bits per heavy atom. The lowest BCUT2D eigenvalue weighted by atomic mass is 9.83. The van der Waals surface area contributed by atoms with Crippen molar-refractivity contribution in [2.45, 2.75) is 180 Å². The molecule has 4 N–H and O–H groups in total. The van der Waals surface area contributed by atoms with Crippen LogP contribution in [0.25, 0.3) is 11.1 Å². The lowest BCUT2D eigenvalue weighted by Crippen LogP contribution is -2.57. The first-order valence-corrected chi connectivity index (χ1v) is 31.5. The number of nitrogens with one attached hydrogen (secondary N) is 4. The van der Waals surface area contributed by atoms with Gasteiger partial charge in [-0.2, -0.15) is 0 Å². The van der Waals surface area contributed by atoms with E-state index in [4.69, 9.17) is 0 Å². The van der Waals surface area contributed by atoms with Crippen molar-refractivity contribution >= 4 is 35.4 Å². The van der Waals surface area contributed by atoms with Crippen molar-refractivity contribution in [3.8, 4) is 11.1 Å². The molecule has 4 aromatic carbocycles. The summed E-state index contributed by atoms with van der Waals surface area (Å²) in [5.41, 5.74) is 5.18. The third-order valence-corrected chi connectivity index (χ3v) is 17.9. The Morgan fingerprint density at radius 3 is 1.20 bits per heavy atom. The van der Waals surface area contributed by atoms with Crippen molar-refractivity contribution in [1.29, 1.82) is 0 Å². The van der Waals surface area contributed by atoms with E-state index >= 15 is 0 Å². The quantitative estimate of drug-likeness (QED) is 0.0459. The molecule has 8 rings (SSSR count). The Bertz CT molecular complexity index is 2480. The highest BCUT2D eigenvalue weighted by Gasteiger charge is 2.42. The minimum atomic E-state index is -0.598. The predicted octanol–water partition coefficient (Wildman–Crippen LogP) is 9.61. The Labute approximate surface area is 489 Å². The number of carbonyl (C=O) groups excluding carboxylic acids is 6. The van der Waals surface area contributed by atoms with Crippen LogP contribution in [0, 0.1) is 11.8 Å². The maximum Gasteiger partial charge on any atom is 0.253 e. The molecule has 0 aromatic heterocycles. The molecule has 14 heteroatoms. The summed E-state index contributed by atoms with van der Waals surface area (Å²) in [6.07, 6.45) is 16.5. The van der Waals surface area contributed by atoms with E-state index < -0.39 is 24.2 Å². The zero-order valence-electron chi connectivity index (χ0n) is 49.6. The fraction of sp³-hybridized carbons (Fsp3) is 0.559. The van der Waals surface area contributed by atoms with Crippen molar-refractivity contribution < 1.29 is 28.8 Å². The van der Waals surface area contributed by atoms with E-state index in [1.165, 1.54) is 0 Å². The number of hydrogen-bond donors (Lipinski definition) is 4. The highest BCUT2D eigenvalue weighted by molar-refractivity contribution is 5.96. The zero-order valence-corrected chi connectivity index (χ0v) is 49.6. The van der Waals surface area contributed by atoms with Gasteiger partial charge < -0.3 is 40.9 Å². The summed E-state index contributed by atoms with van der Waals surface area (Å²) >= 11 is 0. The van der Waals surface area contributed by atoms with E-state index in [1.807, 2.05) is 118 Å². The lowest BCUT2D eigenvalue weighted by Gasteiger charge is -2.37. The van der Waals surface area contributed by atoms with E-state index in [0.717, 1.165) is 138 Å². The molecule has 0 unspecified atom stereocenters. The third-order valence-electron chi connectivity index (χ3n) is 17.9. The van der Waals surface area contributed by atoms with Crippen molar-refractivity contribution in [1.82, 2.24) is 40.9 Å². The Hall–Kier alpha value is -6.38. The Kier molecular flexibility index (Phi) is 23.6. The van der Waals surface area contributed by atoms with Gasteiger partial charge in [0.25, 0.3) is 11.8 Å². The number of nitrogens with zero attached hydrogens (tertiary/aromatic N) is 4. The second kappa shape index (κ2) is 31.3. The standard InChI is InChI=1S/C68H94N8O6/c1-5-41-69-49(3)63(77)71-61(55-25-15-9-16-26-55)67(81)75-43-19-29-59(75)47-73(45-39-51-21-11-7-12-22-51)65(79)57-35-31-53(32-36-57)54-33-37-58(38-34-54)66(80)74(46-40-52-23-13-8-14-24-52)48-60-30-20-44-76(60)68(82)62(56-27-17-10-18-28-56)72-64(78)50(4)70-42-6-2/h7-8,11-14,21-24,31-38,49-50,55-56,59-62,69-70H,5-6,9-10,15-20,25-30,39-48H2,1-4H3,(H,71,77)(H,72,78)/t49-,50-,59-,60+,61-,62-/m0/s1. The summed E-state index contributed by atoms with van der Waals surface area (Å²) in [7, 11) is 0. The van der Waals surface area contributed by atoms with E-state index in [0.29, 0.717) is 63.2 Å². The van der Waals surface area contributed by atoms with Crippen LogP contribution in [0.1, 0.15) is 162 Å². The SMILES string of the molecule is CCCN[C@@H](C)C(=O)N[C@H](C(=O)N1CCC[C@@H]1CN(CCc1ccccc1)C(=O)c1ccc(-c2ccc(C(=O)N(CCc3ccccc3)C[C@@H]3CCCN3C(=O)[C@@H](NC(=O)[C@H](C)NCCC)C3CCCCC3)cc2)cc1)C1CCCCC1. The number of hydrogen-bond acceptors (Lipinski definition) is 8.